The third-order valence-corrected chi connectivity index (χ3v) is 2.82. The van der Waals surface area contributed by atoms with Gasteiger partial charge in [0.2, 0.25) is 0 Å². The van der Waals surface area contributed by atoms with Crippen LogP contribution in [-0.2, 0) is 11.3 Å². The zero-order valence-corrected chi connectivity index (χ0v) is 10.5. The molecule has 1 saturated carbocycles. The first kappa shape index (κ1) is 12.5. The van der Waals surface area contributed by atoms with Gasteiger partial charge in [0.05, 0.1) is 6.61 Å². The number of methoxy groups -OCH3 is 1. The summed E-state index contributed by atoms with van der Waals surface area (Å²) in [7, 11) is 1.59. The fraction of sp³-hybridized carbons (Fsp3) is 0.636. The lowest BCUT2D eigenvalue weighted by Crippen LogP contribution is -2.30. The first-order valence-electron chi connectivity index (χ1n) is 5.64. The molecule has 0 spiro atoms. The highest BCUT2D eigenvalue weighted by Gasteiger charge is 2.30. The van der Waals surface area contributed by atoms with Crippen molar-refractivity contribution < 1.29 is 9.84 Å². The van der Waals surface area contributed by atoms with Gasteiger partial charge in [-0.05, 0) is 12.8 Å². The van der Waals surface area contributed by atoms with Crippen LogP contribution in [0.2, 0.25) is 5.15 Å². The van der Waals surface area contributed by atoms with Crippen LogP contribution in [0.3, 0.4) is 0 Å². The molecule has 0 amide bonds. The molecule has 94 valence electrons. The molecule has 1 aromatic rings. The van der Waals surface area contributed by atoms with Gasteiger partial charge in [-0.15, -0.1) is 0 Å². The van der Waals surface area contributed by atoms with Gasteiger partial charge in [-0.2, -0.15) is 0 Å². The number of hydrogen-bond acceptors (Lipinski definition) is 5. The summed E-state index contributed by atoms with van der Waals surface area (Å²) >= 11 is 5.96. The summed E-state index contributed by atoms with van der Waals surface area (Å²) in [5.74, 6) is 1.34. The minimum absolute atomic E-state index is 0.109. The first-order chi connectivity index (χ1) is 8.24. The van der Waals surface area contributed by atoms with Crippen molar-refractivity contribution in [3.8, 4) is 0 Å². The highest BCUT2D eigenvalue weighted by Crippen LogP contribution is 2.31. The molecule has 0 radical (unpaired) electrons. The molecular formula is C11H16ClN3O2. The van der Waals surface area contributed by atoms with Gasteiger partial charge in [0.15, 0.2) is 5.82 Å². The summed E-state index contributed by atoms with van der Waals surface area (Å²) in [6.07, 6.45) is 2.28. The summed E-state index contributed by atoms with van der Waals surface area (Å²) in [5.41, 5.74) is 0. The second kappa shape index (κ2) is 5.62. The lowest BCUT2D eigenvalue weighted by Gasteiger charge is -2.22. The predicted octanol–water partition coefficient (Wildman–Crippen LogP) is 1.24. The van der Waals surface area contributed by atoms with Crippen LogP contribution in [0.25, 0.3) is 0 Å². The Morgan fingerprint density at radius 3 is 2.88 bits per heavy atom. The van der Waals surface area contributed by atoms with Crippen LogP contribution in [0, 0.1) is 0 Å². The van der Waals surface area contributed by atoms with Crippen LogP contribution >= 0.6 is 11.6 Å². The second-order valence-corrected chi connectivity index (χ2v) is 4.43. The monoisotopic (exact) mass is 257 g/mol. The molecule has 2 rings (SSSR count). The molecule has 1 aliphatic rings. The maximum atomic E-state index is 9.07. The molecule has 0 unspecified atom stereocenters. The number of aliphatic hydroxyl groups is 1. The molecule has 0 atom stereocenters. The van der Waals surface area contributed by atoms with E-state index in [4.69, 9.17) is 21.4 Å². The van der Waals surface area contributed by atoms with Crippen molar-refractivity contribution in [2.24, 2.45) is 0 Å². The second-order valence-electron chi connectivity index (χ2n) is 4.05. The van der Waals surface area contributed by atoms with E-state index in [0.29, 0.717) is 30.2 Å². The summed E-state index contributed by atoms with van der Waals surface area (Å²) in [5, 5.41) is 9.48. The Morgan fingerprint density at radius 1 is 1.53 bits per heavy atom. The number of rotatable bonds is 6. The molecule has 1 aromatic heterocycles. The third kappa shape index (κ3) is 3.28. The third-order valence-electron chi connectivity index (χ3n) is 2.62. The maximum absolute atomic E-state index is 9.07. The van der Waals surface area contributed by atoms with Crippen LogP contribution in [-0.4, -0.2) is 41.4 Å². The van der Waals surface area contributed by atoms with E-state index in [1.807, 2.05) is 0 Å². The number of halogens is 1. The topological polar surface area (TPSA) is 58.5 Å². The molecule has 17 heavy (non-hydrogen) atoms. The minimum atomic E-state index is 0.109. The smallest absolute Gasteiger partial charge is 0.158 e. The Kier molecular flexibility index (Phi) is 4.15. The normalized spacial score (nSPS) is 15.0. The molecule has 0 bridgehead atoms. The summed E-state index contributed by atoms with van der Waals surface area (Å²) in [4.78, 5) is 10.6. The molecule has 1 aliphatic carbocycles. The Morgan fingerprint density at radius 2 is 2.29 bits per heavy atom. The average Bonchev–Trinajstić information content (AvgIpc) is 3.09. The van der Waals surface area contributed by atoms with Gasteiger partial charge in [0.25, 0.3) is 0 Å². The van der Waals surface area contributed by atoms with Crippen molar-refractivity contribution in [2.45, 2.75) is 25.5 Å². The number of aliphatic hydroxyl groups excluding tert-OH is 1. The van der Waals surface area contributed by atoms with Crippen LogP contribution in [0.5, 0.6) is 0 Å². The van der Waals surface area contributed by atoms with Gasteiger partial charge in [0, 0.05) is 25.8 Å². The van der Waals surface area contributed by atoms with Gasteiger partial charge >= 0.3 is 0 Å². The van der Waals surface area contributed by atoms with Gasteiger partial charge < -0.3 is 14.7 Å². The van der Waals surface area contributed by atoms with Gasteiger partial charge in [-0.1, -0.05) is 11.6 Å². The number of aromatic nitrogens is 2. The number of hydrogen-bond donors (Lipinski definition) is 1. The molecule has 1 fully saturated rings. The van der Waals surface area contributed by atoms with Crippen LogP contribution < -0.4 is 4.90 Å². The van der Waals surface area contributed by atoms with E-state index >= 15 is 0 Å². The standard InChI is InChI=1S/C11H16ClN3O2/c1-17-7-10-13-9(12)6-11(14-10)15(4-5-16)8-2-3-8/h6,8,16H,2-5,7H2,1H3. The summed E-state index contributed by atoms with van der Waals surface area (Å²) in [6, 6.07) is 2.21. The Hall–Kier alpha value is -0.910. The lowest BCUT2D eigenvalue weighted by molar-refractivity contribution is 0.178. The van der Waals surface area contributed by atoms with Crippen molar-refractivity contribution in [3.63, 3.8) is 0 Å². The highest BCUT2D eigenvalue weighted by atomic mass is 35.5. The fourth-order valence-electron chi connectivity index (χ4n) is 1.77. The average molecular weight is 258 g/mol. The molecule has 1 heterocycles. The van der Waals surface area contributed by atoms with Crippen molar-refractivity contribution in [1.29, 1.82) is 0 Å². The molecule has 0 aromatic carbocycles. The van der Waals surface area contributed by atoms with Crippen molar-refractivity contribution in [1.82, 2.24) is 9.97 Å². The lowest BCUT2D eigenvalue weighted by atomic mass is 10.4. The van der Waals surface area contributed by atoms with E-state index in [-0.39, 0.29) is 6.61 Å². The summed E-state index contributed by atoms with van der Waals surface area (Å²) < 4.78 is 5.00. The van der Waals surface area contributed by atoms with E-state index in [2.05, 4.69) is 14.9 Å². The van der Waals surface area contributed by atoms with Crippen molar-refractivity contribution in [2.75, 3.05) is 25.2 Å². The zero-order chi connectivity index (χ0) is 12.3. The molecule has 0 aliphatic heterocycles. The van der Waals surface area contributed by atoms with Gasteiger partial charge in [0.1, 0.15) is 17.6 Å². The van der Waals surface area contributed by atoms with Crippen molar-refractivity contribution in [3.05, 3.63) is 17.0 Å². The van der Waals surface area contributed by atoms with E-state index in [1.165, 1.54) is 0 Å². The van der Waals surface area contributed by atoms with Gasteiger partial charge in [-0.25, -0.2) is 9.97 Å². The Balaban J connectivity index is 2.22. The van der Waals surface area contributed by atoms with Gasteiger partial charge in [-0.3, -0.25) is 0 Å². The number of ether oxygens (including phenoxy) is 1. The molecule has 5 nitrogen and oxygen atoms in total. The summed E-state index contributed by atoms with van der Waals surface area (Å²) in [6.45, 7) is 1.02. The highest BCUT2D eigenvalue weighted by molar-refractivity contribution is 6.29. The largest absolute Gasteiger partial charge is 0.395 e. The molecular weight excluding hydrogens is 242 g/mol. The fourth-order valence-corrected chi connectivity index (χ4v) is 1.97. The minimum Gasteiger partial charge on any atom is -0.395 e. The van der Waals surface area contributed by atoms with E-state index in [1.54, 1.807) is 13.2 Å². The molecule has 0 saturated heterocycles. The maximum Gasteiger partial charge on any atom is 0.158 e. The van der Waals surface area contributed by atoms with E-state index in [0.717, 1.165) is 18.7 Å². The Bertz CT molecular complexity index is 385. The van der Waals surface area contributed by atoms with E-state index < -0.39 is 0 Å². The first-order valence-corrected chi connectivity index (χ1v) is 6.02. The predicted molar refractivity (Wildman–Crippen MR) is 65.2 cm³/mol. The molecule has 1 N–H and O–H groups in total. The quantitative estimate of drug-likeness (QED) is 0.777. The zero-order valence-electron chi connectivity index (χ0n) is 9.77. The number of nitrogens with zero attached hydrogens (tertiary/aromatic N) is 3. The Labute approximate surface area is 105 Å². The van der Waals surface area contributed by atoms with E-state index in [9.17, 15) is 0 Å². The number of anilines is 1. The van der Waals surface area contributed by atoms with Crippen LogP contribution in [0.1, 0.15) is 18.7 Å². The molecule has 6 heteroatoms. The van der Waals surface area contributed by atoms with Crippen LogP contribution in [0.15, 0.2) is 6.07 Å². The van der Waals surface area contributed by atoms with Crippen LogP contribution in [0.4, 0.5) is 5.82 Å². The van der Waals surface area contributed by atoms with Crippen molar-refractivity contribution >= 4 is 17.4 Å². The SMILES string of the molecule is COCc1nc(Cl)cc(N(CCO)C2CC2)n1.